The van der Waals surface area contributed by atoms with Gasteiger partial charge in [0.1, 0.15) is 12.3 Å². The average Bonchev–Trinajstić information content (AvgIpc) is 3.12. The lowest BCUT2D eigenvalue weighted by Gasteiger charge is -2.06. The minimum atomic E-state index is -0.721. The van der Waals surface area contributed by atoms with Crippen LogP contribution in [-0.2, 0) is 9.53 Å². The van der Waals surface area contributed by atoms with E-state index < -0.39 is 18.5 Å². The molecule has 0 aliphatic heterocycles. The maximum absolute atomic E-state index is 11.9. The van der Waals surface area contributed by atoms with Crippen LogP contribution in [0.2, 0.25) is 0 Å². The summed E-state index contributed by atoms with van der Waals surface area (Å²) in [7, 11) is 1.49. The number of benzene rings is 1. The second kappa shape index (κ2) is 7.79. The molecule has 1 heterocycles. The predicted octanol–water partition coefficient (Wildman–Crippen LogP) is 1.44. The summed E-state index contributed by atoms with van der Waals surface area (Å²) in [5.41, 5.74) is 0.372. The van der Waals surface area contributed by atoms with Crippen LogP contribution in [0.15, 0.2) is 47.1 Å². The van der Waals surface area contributed by atoms with Gasteiger partial charge in [0.05, 0.1) is 13.4 Å². The summed E-state index contributed by atoms with van der Waals surface area (Å²) in [6.07, 6.45) is 1.35. The second-order valence-electron chi connectivity index (χ2n) is 4.48. The first-order chi connectivity index (χ1) is 11.1. The fraction of sp³-hybridized carbons (Fsp3) is 0.188. The van der Waals surface area contributed by atoms with Crippen LogP contribution in [0.1, 0.15) is 20.9 Å². The molecule has 1 aromatic heterocycles. The van der Waals surface area contributed by atoms with E-state index in [4.69, 9.17) is 13.9 Å². The predicted molar refractivity (Wildman–Crippen MR) is 79.3 cm³/mol. The molecule has 0 saturated carbocycles. The van der Waals surface area contributed by atoms with E-state index in [2.05, 4.69) is 5.32 Å². The molecule has 1 amide bonds. The molecule has 1 aromatic carbocycles. The maximum atomic E-state index is 11.9. The Hall–Kier alpha value is -3.09. The van der Waals surface area contributed by atoms with E-state index in [1.54, 1.807) is 30.3 Å². The summed E-state index contributed by atoms with van der Waals surface area (Å²) in [6, 6.07) is 9.53. The van der Waals surface area contributed by atoms with Gasteiger partial charge in [0.15, 0.2) is 18.2 Å². The Morgan fingerprint density at radius 1 is 1.17 bits per heavy atom. The Morgan fingerprint density at radius 3 is 2.70 bits per heavy atom. The van der Waals surface area contributed by atoms with Gasteiger partial charge in [-0.25, -0.2) is 0 Å². The van der Waals surface area contributed by atoms with Crippen molar-refractivity contribution in [2.45, 2.75) is 0 Å². The number of ether oxygens (including phenoxy) is 2. The van der Waals surface area contributed by atoms with E-state index in [1.165, 1.54) is 19.4 Å². The number of nitrogens with one attached hydrogen (secondary N) is 1. The molecule has 120 valence electrons. The molecular formula is C16H15NO6. The minimum Gasteiger partial charge on any atom is -0.497 e. The molecule has 23 heavy (non-hydrogen) atoms. The number of esters is 1. The molecule has 7 nitrogen and oxygen atoms in total. The number of methoxy groups -OCH3 is 1. The molecule has 0 aliphatic carbocycles. The lowest BCUT2D eigenvalue weighted by atomic mass is 10.1. The van der Waals surface area contributed by atoms with Crippen LogP contribution in [0.25, 0.3) is 0 Å². The van der Waals surface area contributed by atoms with Crippen LogP contribution < -0.4 is 10.1 Å². The fourth-order valence-corrected chi connectivity index (χ4v) is 1.72. The van der Waals surface area contributed by atoms with Crippen molar-refractivity contribution < 1.29 is 28.3 Å². The summed E-state index contributed by atoms with van der Waals surface area (Å²) >= 11 is 0. The summed E-state index contributed by atoms with van der Waals surface area (Å²) < 4.78 is 14.7. The number of hydrogen-bond acceptors (Lipinski definition) is 6. The highest BCUT2D eigenvalue weighted by molar-refractivity contribution is 5.98. The van der Waals surface area contributed by atoms with Crippen molar-refractivity contribution in [3.8, 4) is 5.75 Å². The van der Waals surface area contributed by atoms with E-state index in [1.807, 2.05) is 0 Å². The third-order valence-corrected chi connectivity index (χ3v) is 2.89. The molecule has 2 rings (SSSR count). The van der Waals surface area contributed by atoms with E-state index in [9.17, 15) is 14.4 Å². The van der Waals surface area contributed by atoms with Crippen molar-refractivity contribution in [2.75, 3.05) is 20.3 Å². The molecule has 0 aliphatic rings. The van der Waals surface area contributed by atoms with Gasteiger partial charge in [-0.2, -0.15) is 0 Å². The molecule has 0 radical (unpaired) electrons. The Morgan fingerprint density at radius 2 is 2.00 bits per heavy atom. The van der Waals surface area contributed by atoms with Gasteiger partial charge in [0.2, 0.25) is 0 Å². The molecule has 0 atom stereocenters. The van der Waals surface area contributed by atoms with Crippen molar-refractivity contribution in [3.05, 3.63) is 54.0 Å². The smallest absolute Gasteiger partial charge is 0.325 e. The number of carbonyl (C=O) groups excluding carboxylic acids is 3. The van der Waals surface area contributed by atoms with Gasteiger partial charge in [-0.15, -0.1) is 0 Å². The zero-order valence-electron chi connectivity index (χ0n) is 12.4. The average molecular weight is 317 g/mol. The highest BCUT2D eigenvalue weighted by Gasteiger charge is 2.13. The Kier molecular flexibility index (Phi) is 5.51. The first-order valence-electron chi connectivity index (χ1n) is 6.74. The van der Waals surface area contributed by atoms with Gasteiger partial charge >= 0.3 is 5.97 Å². The second-order valence-corrected chi connectivity index (χ2v) is 4.48. The normalized spacial score (nSPS) is 9.96. The van der Waals surface area contributed by atoms with Crippen LogP contribution in [0.3, 0.4) is 0 Å². The van der Waals surface area contributed by atoms with Crippen LogP contribution in [0.5, 0.6) is 5.75 Å². The molecular weight excluding hydrogens is 302 g/mol. The summed E-state index contributed by atoms with van der Waals surface area (Å²) in [5.74, 6) is -1.00. The van der Waals surface area contributed by atoms with Gasteiger partial charge in [0.25, 0.3) is 5.91 Å². The van der Waals surface area contributed by atoms with Crippen LogP contribution in [-0.4, -0.2) is 37.9 Å². The topological polar surface area (TPSA) is 94.8 Å². The van der Waals surface area contributed by atoms with Crippen molar-refractivity contribution >= 4 is 17.7 Å². The van der Waals surface area contributed by atoms with Crippen molar-refractivity contribution in [1.29, 1.82) is 0 Å². The van der Waals surface area contributed by atoms with E-state index >= 15 is 0 Å². The lowest BCUT2D eigenvalue weighted by molar-refractivity contribution is -0.141. The highest BCUT2D eigenvalue weighted by atomic mass is 16.5. The van der Waals surface area contributed by atoms with E-state index in [0.717, 1.165) is 0 Å². The monoisotopic (exact) mass is 317 g/mol. The zero-order valence-corrected chi connectivity index (χ0v) is 12.4. The number of ketones is 1. The Bertz CT molecular complexity index is 692. The summed E-state index contributed by atoms with van der Waals surface area (Å²) in [5, 5.41) is 2.33. The van der Waals surface area contributed by atoms with Crippen LogP contribution in [0, 0.1) is 0 Å². The van der Waals surface area contributed by atoms with Crippen molar-refractivity contribution in [2.24, 2.45) is 0 Å². The van der Waals surface area contributed by atoms with Gasteiger partial charge in [0, 0.05) is 5.56 Å². The van der Waals surface area contributed by atoms with E-state index in [-0.39, 0.29) is 18.1 Å². The third kappa shape index (κ3) is 4.70. The molecule has 0 unspecified atom stereocenters. The minimum absolute atomic E-state index is 0.0882. The lowest BCUT2D eigenvalue weighted by Crippen LogP contribution is -2.31. The largest absolute Gasteiger partial charge is 0.497 e. The quantitative estimate of drug-likeness (QED) is 0.613. The Labute approximate surface area is 132 Å². The van der Waals surface area contributed by atoms with Gasteiger partial charge < -0.3 is 19.2 Å². The van der Waals surface area contributed by atoms with Crippen LogP contribution in [0.4, 0.5) is 0 Å². The summed E-state index contributed by atoms with van der Waals surface area (Å²) in [4.78, 5) is 35.0. The first-order valence-corrected chi connectivity index (χ1v) is 6.74. The molecule has 0 fully saturated rings. The first kappa shape index (κ1) is 16.3. The van der Waals surface area contributed by atoms with E-state index in [0.29, 0.717) is 11.3 Å². The van der Waals surface area contributed by atoms with Crippen molar-refractivity contribution in [3.63, 3.8) is 0 Å². The molecule has 0 spiro atoms. The number of amides is 1. The zero-order chi connectivity index (χ0) is 16.7. The molecule has 1 N–H and O–H groups in total. The van der Waals surface area contributed by atoms with Gasteiger partial charge in [-0.3, -0.25) is 14.4 Å². The molecule has 2 aromatic rings. The highest BCUT2D eigenvalue weighted by Crippen LogP contribution is 2.13. The SMILES string of the molecule is COc1cccc(C(=O)COC(=O)CNC(=O)c2ccco2)c1. The standard InChI is InChI=1S/C16H15NO6/c1-21-12-5-2-4-11(8-12)13(18)10-23-15(19)9-17-16(20)14-6-3-7-22-14/h2-8H,9-10H2,1H3,(H,17,20). The number of hydrogen-bond donors (Lipinski definition) is 1. The molecule has 0 saturated heterocycles. The summed E-state index contributed by atoms with van der Waals surface area (Å²) in [6.45, 7) is -0.770. The maximum Gasteiger partial charge on any atom is 0.325 e. The molecule has 0 bridgehead atoms. The number of carbonyl (C=O) groups is 3. The number of rotatable bonds is 7. The van der Waals surface area contributed by atoms with Crippen LogP contribution >= 0.6 is 0 Å². The number of furan rings is 1. The van der Waals surface area contributed by atoms with Crippen molar-refractivity contribution in [1.82, 2.24) is 5.32 Å². The Balaban J connectivity index is 1.77. The van der Waals surface area contributed by atoms with Gasteiger partial charge in [-0.05, 0) is 24.3 Å². The fourth-order valence-electron chi connectivity index (χ4n) is 1.72. The number of Topliss-reactive ketones (excluding diaryl/α,β-unsaturated/α-hetero) is 1. The third-order valence-electron chi connectivity index (χ3n) is 2.89. The molecule has 7 heteroatoms. The van der Waals surface area contributed by atoms with Gasteiger partial charge in [-0.1, -0.05) is 12.1 Å².